The minimum Gasteiger partial charge on any atom is -0.450 e. The fourth-order valence-corrected chi connectivity index (χ4v) is 9.15. The van der Waals surface area contributed by atoms with Crippen molar-refractivity contribution >= 4 is 22.6 Å². The van der Waals surface area contributed by atoms with Gasteiger partial charge in [0.1, 0.15) is 0 Å². The van der Waals surface area contributed by atoms with Crippen LogP contribution in [0.25, 0.3) is 21.9 Å². The van der Waals surface area contributed by atoms with Crippen LogP contribution >= 0.6 is 0 Å². The predicted molar refractivity (Wildman–Crippen MR) is 220 cm³/mol. The lowest BCUT2D eigenvalue weighted by atomic mass is 9.64. The Bertz CT molecular complexity index is 2170. The van der Waals surface area contributed by atoms with E-state index >= 15 is 0 Å². The Morgan fingerprint density at radius 1 is 0.855 bits per heavy atom. The van der Waals surface area contributed by atoms with Gasteiger partial charge in [0, 0.05) is 23.1 Å². The highest BCUT2D eigenvalue weighted by atomic mass is 16.6. The van der Waals surface area contributed by atoms with Gasteiger partial charge in [-0.1, -0.05) is 128 Å². The van der Waals surface area contributed by atoms with E-state index in [0.717, 1.165) is 51.4 Å². The Kier molecular flexibility index (Phi) is 11.4. The number of carbonyl (C=O) groups is 2. The molecule has 284 valence electrons. The zero-order valence-corrected chi connectivity index (χ0v) is 32.3. The minimum absolute atomic E-state index is 0.0734. The maximum Gasteiger partial charge on any atom is 0.410 e. The van der Waals surface area contributed by atoms with Crippen molar-refractivity contribution in [3.05, 3.63) is 155 Å². The summed E-state index contributed by atoms with van der Waals surface area (Å²) in [4.78, 5) is 30.1. The average Bonchev–Trinajstić information content (AvgIpc) is 3.45. The van der Waals surface area contributed by atoms with E-state index in [-0.39, 0.29) is 24.9 Å². The summed E-state index contributed by atoms with van der Waals surface area (Å²) >= 11 is 0. The van der Waals surface area contributed by atoms with Gasteiger partial charge in [0.05, 0.1) is 24.9 Å². The van der Waals surface area contributed by atoms with E-state index in [1.54, 1.807) is 11.8 Å². The Labute approximate surface area is 325 Å². The maximum absolute atomic E-state index is 14.7. The summed E-state index contributed by atoms with van der Waals surface area (Å²) in [6.07, 6.45) is 5.59. The summed E-state index contributed by atoms with van der Waals surface area (Å²) in [5.41, 5.74) is 5.37. The molecule has 6 heteroatoms. The van der Waals surface area contributed by atoms with Crippen molar-refractivity contribution in [2.45, 2.75) is 89.9 Å². The van der Waals surface area contributed by atoms with Crippen molar-refractivity contribution in [3.8, 4) is 11.1 Å². The SMILES string of the molecule is CCOC(=O)N(Cc1cccc2ccccc12)CC1(O)CCC2c3ccc(cc3C(=O)c3ccc(-c4ccccc4)cc3)CC(O)CCC(C)=CCCC21C. The molecule has 1 fully saturated rings. The lowest BCUT2D eigenvalue weighted by Gasteiger charge is -2.46. The number of ether oxygens (including phenoxy) is 1. The molecular weight excluding hydrogens is 683 g/mol. The van der Waals surface area contributed by atoms with Gasteiger partial charge in [-0.15, -0.1) is 0 Å². The molecule has 6 nitrogen and oxygen atoms in total. The topological polar surface area (TPSA) is 87.1 Å². The number of carbonyl (C=O) groups excluding carboxylic acids is 2. The van der Waals surface area contributed by atoms with Gasteiger partial charge in [0.15, 0.2) is 5.78 Å². The molecule has 5 aromatic rings. The fraction of sp³-hybridized carbons (Fsp3) is 0.347. The highest BCUT2D eigenvalue weighted by Crippen LogP contribution is 2.59. The Morgan fingerprint density at radius 3 is 2.36 bits per heavy atom. The molecule has 1 saturated carbocycles. The molecule has 0 aliphatic heterocycles. The Balaban J connectivity index is 1.28. The first kappa shape index (κ1) is 38.2. The second kappa shape index (κ2) is 16.4. The number of fused-ring (bicyclic) bond motifs is 9. The molecule has 0 spiro atoms. The van der Waals surface area contributed by atoms with Crippen LogP contribution in [0.2, 0.25) is 0 Å². The third-order valence-corrected chi connectivity index (χ3v) is 12.4. The van der Waals surface area contributed by atoms with Crippen LogP contribution in [0.15, 0.2) is 127 Å². The molecule has 2 bridgehead atoms. The van der Waals surface area contributed by atoms with Crippen LogP contribution in [0.4, 0.5) is 4.79 Å². The van der Waals surface area contributed by atoms with Gasteiger partial charge in [0.25, 0.3) is 0 Å². The standard InChI is InChI=1S/C49H53NO5/c1-4-55-47(53)50(32-40-17-10-16-38-15-8-9-18-42(38)40)33-49(54)29-27-45-43-26-20-35(30-41(51)25-19-34(2)12-11-28-48(45,49)3)31-44(43)46(52)39-23-21-37(22-24-39)36-13-6-5-7-14-36/h5-10,12-18,20-24,26,31,41,45,51,54H,4,11,19,25,27-30,32-33H2,1-3H3. The van der Waals surface area contributed by atoms with E-state index in [4.69, 9.17) is 4.74 Å². The number of aliphatic hydroxyl groups is 2. The van der Waals surface area contributed by atoms with Crippen LogP contribution in [-0.4, -0.2) is 51.8 Å². The van der Waals surface area contributed by atoms with Crippen molar-refractivity contribution in [3.63, 3.8) is 0 Å². The van der Waals surface area contributed by atoms with E-state index in [1.165, 1.54) is 5.57 Å². The number of benzene rings is 5. The molecule has 1 amide bonds. The summed E-state index contributed by atoms with van der Waals surface area (Å²) in [6.45, 7) is 6.69. The monoisotopic (exact) mass is 735 g/mol. The molecule has 3 aliphatic rings. The number of nitrogens with zero attached hydrogens (tertiary/aromatic N) is 1. The molecule has 4 atom stereocenters. The molecule has 2 N–H and O–H groups in total. The van der Waals surface area contributed by atoms with Crippen molar-refractivity contribution in [2.75, 3.05) is 13.2 Å². The molecule has 0 heterocycles. The first-order valence-corrected chi connectivity index (χ1v) is 19.9. The normalized spacial score (nSPS) is 22.7. The number of allylic oxidation sites excluding steroid dienone is 2. The van der Waals surface area contributed by atoms with Gasteiger partial charge in [-0.2, -0.15) is 0 Å². The van der Waals surface area contributed by atoms with Crippen LogP contribution in [0.1, 0.15) is 97.8 Å². The minimum atomic E-state index is -1.28. The van der Waals surface area contributed by atoms with E-state index in [1.807, 2.05) is 78.9 Å². The Morgan fingerprint density at radius 2 is 1.58 bits per heavy atom. The number of rotatable bonds is 8. The zero-order chi connectivity index (χ0) is 38.6. The van der Waals surface area contributed by atoms with Crippen molar-refractivity contribution in [1.82, 2.24) is 4.90 Å². The summed E-state index contributed by atoms with van der Waals surface area (Å²) in [5, 5.41) is 26.3. The molecule has 3 aliphatic carbocycles. The number of aliphatic hydroxyl groups excluding tert-OH is 1. The van der Waals surface area contributed by atoms with Crippen LogP contribution in [-0.2, 0) is 17.7 Å². The van der Waals surface area contributed by atoms with Gasteiger partial charge in [-0.05, 0) is 109 Å². The molecular formula is C49H53NO5. The quantitative estimate of drug-likeness (QED) is 0.122. The number of ketones is 1. The molecule has 0 radical (unpaired) electrons. The third kappa shape index (κ3) is 8.03. The Hall–Kier alpha value is -5.04. The molecule has 0 saturated heterocycles. The summed E-state index contributed by atoms with van der Waals surface area (Å²) in [5.74, 6) is -0.243. The van der Waals surface area contributed by atoms with Gasteiger partial charge >= 0.3 is 6.09 Å². The largest absolute Gasteiger partial charge is 0.450 e. The maximum atomic E-state index is 14.7. The lowest BCUT2D eigenvalue weighted by Crippen LogP contribution is -2.53. The van der Waals surface area contributed by atoms with Crippen LogP contribution < -0.4 is 0 Å². The van der Waals surface area contributed by atoms with E-state index < -0.39 is 23.2 Å². The first-order valence-electron chi connectivity index (χ1n) is 19.9. The van der Waals surface area contributed by atoms with Crippen molar-refractivity contribution in [1.29, 1.82) is 0 Å². The highest BCUT2D eigenvalue weighted by Gasteiger charge is 2.57. The molecule has 4 unspecified atom stereocenters. The van der Waals surface area contributed by atoms with E-state index in [2.05, 4.69) is 56.3 Å². The number of hydrogen-bond acceptors (Lipinski definition) is 5. The van der Waals surface area contributed by atoms with Crippen LogP contribution in [0, 0.1) is 5.41 Å². The van der Waals surface area contributed by atoms with Crippen molar-refractivity contribution < 1.29 is 24.5 Å². The predicted octanol–water partition coefficient (Wildman–Crippen LogP) is 10.4. The van der Waals surface area contributed by atoms with Crippen LogP contribution in [0.3, 0.4) is 0 Å². The summed E-state index contributed by atoms with van der Waals surface area (Å²) in [6, 6.07) is 38.2. The fourth-order valence-electron chi connectivity index (χ4n) is 9.15. The van der Waals surface area contributed by atoms with Gasteiger partial charge < -0.3 is 19.8 Å². The van der Waals surface area contributed by atoms with Gasteiger partial charge in [-0.3, -0.25) is 4.79 Å². The van der Waals surface area contributed by atoms with Gasteiger partial charge in [-0.25, -0.2) is 4.79 Å². The van der Waals surface area contributed by atoms with E-state index in [9.17, 15) is 19.8 Å². The lowest BCUT2D eigenvalue weighted by molar-refractivity contribution is -0.0820. The number of amides is 1. The second-order valence-corrected chi connectivity index (χ2v) is 15.9. The zero-order valence-electron chi connectivity index (χ0n) is 32.3. The summed E-state index contributed by atoms with van der Waals surface area (Å²) in [7, 11) is 0. The van der Waals surface area contributed by atoms with Crippen LogP contribution in [0.5, 0.6) is 0 Å². The summed E-state index contributed by atoms with van der Waals surface area (Å²) < 4.78 is 5.63. The third-order valence-electron chi connectivity index (χ3n) is 12.4. The molecule has 55 heavy (non-hydrogen) atoms. The smallest absolute Gasteiger partial charge is 0.410 e. The van der Waals surface area contributed by atoms with Crippen molar-refractivity contribution in [2.24, 2.45) is 5.41 Å². The highest BCUT2D eigenvalue weighted by molar-refractivity contribution is 6.10. The average molecular weight is 736 g/mol. The molecule has 0 aromatic heterocycles. The molecule has 5 aromatic carbocycles. The number of hydrogen-bond donors (Lipinski definition) is 2. The second-order valence-electron chi connectivity index (χ2n) is 15.9. The van der Waals surface area contributed by atoms with E-state index in [0.29, 0.717) is 49.8 Å². The molecule has 8 rings (SSSR count). The first-order chi connectivity index (χ1) is 26.6. The van der Waals surface area contributed by atoms with Gasteiger partial charge in [0.2, 0.25) is 0 Å².